The Morgan fingerprint density at radius 3 is 2.38 bits per heavy atom. The first kappa shape index (κ1) is 22.4. The predicted octanol–water partition coefficient (Wildman–Crippen LogP) is 2.73. The maximum Gasteiger partial charge on any atom is 0.310 e. The normalized spacial score (nSPS) is 16.0. The summed E-state index contributed by atoms with van der Waals surface area (Å²) in [5.41, 5.74) is 0.495. The molecule has 0 heterocycles. The third-order valence-corrected chi connectivity index (χ3v) is 5.16. The molecular weight excluding hydrogens is 382 g/mol. The molecule has 2 atom stereocenters. The van der Waals surface area contributed by atoms with E-state index >= 15 is 0 Å². The van der Waals surface area contributed by atoms with Crippen LogP contribution in [0, 0.1) is 16.0 Å². The summed E-state index contributed by atoms with van der Waals surface area (Å²) in [6.45, 7) is -0.550. The molecule has 0 amide bonds. The Labute approximate surface area is 169 Å². The van der Waals surface area contributed by atoms with Crippen LogP contribution in [0.1, 0.15) is 43.6 Å². The van der Waals surface area contributed by atoms with E-state index in [-0.39, 0.29) is 12.5 Å². The van der Waals surface area contributed by atoms with Crippen LogP contribution in [0.2, 0.25) is 0 Å². The van der Waals surface area contributed by atoms with Gasteiger partial charge in [-0.2, -0.15) is 0 Å². The van der Waals surface area contributed by atoms with Crippen LogP contribution in [0.25, 0.3) is 0 Å². The lowest BCUT2D eigenvalue weighted by molar-refractivity contribution is -0.484. The Hall–Kier alpha value is -2.84. The molecule has 0 N–H and O–H groups in total. The van der Waals surface area contributed by atoms with Crippen molar-refractivity contribution in [2.75, 3.05) is 27.9 Å². The number of benzene rings is 1. The van der Waals surface area contributed by atoms with E-state index in [1.54, 1.807) is 18.2 Å². The highest BCUT2D eigenvalue weighted by molar-refractivity contribution is 5.80. The van der Waals surface area contributed by atoms with Crippen molar-refractivity contribution < 1.29 is 33.5 Å². The number of esters is 2. The molecule has 160 valence electrons. The third-order valence-electron chi connectivity index (χ3n) is 5.16. The van der Waals surface area contributed by atoms with E-state index in [9.17, 15) is 19.7 Å². The summed E-state index contributed by atoms with van der Waals surface area (Å²) in [6.07, 6.45) is 3.75. The molecule has 0 aromatic heterocycles. The van der Waals surface area contributed by atoms with Gasteiger partial charge in [0.2, 0.25) is 6.54 Å². The minimum absolute atomic E-state index is 0.0552. The second kappa shape index (κ2) is 10.6. The number of carbonyl (C=O) groups excluding carboxylic acids is 2. The maximum absolute atomic E-state index is 12.3. The summed E-state index contributed by atoms with van der Waals surface area (Å²) in [5.74, 6) is -2.35. The van der Waals surface area contributed by atoms with Gasteiger partial charge in [0, 0.05) is 4.92 Å². The Balaban J connectivity index is 2.41. The van der Waals surface area contributed by atoms with Gasteiger partial charge in [-0.3, -0.25) is 19.7 Å². The van der Waals surface area contributed by atoms with Crippen molar-refractivity contribution >= 4 is 11.9 Å². The zero-order chi connectivity index (χ0) is 21.4. The Bertz CT molecular complexity index is 729. The fraction of sp³-hybridized carbons (Fsp3) is 0.600. The highest BCUT2D eigenvalue weighted by atomic mass is 16.6. The predicted molar refractivity (Wildman–Crippen MR) is 103 cm³/mol. The molecule has 0 radical (unpaired) electrons. The minimum atomic E-state index is -1.06. The first-order valence-corrected chi connectivity index (χ1v) is 9.50. The van der Waals surface area contributed by atoms with Crippen LogP contribution in [0.3, 0.4) is 0 Å². The van der Waals surface area contributed by atoms with E-state index in [0.29, 0.717) is 17.1 Å². The molecule has 29 heavy (non-hydrogen) atoms. The second-order valence-corrected chi connectivity index (χ2v) is 6.97. The van der Waals surface area contributed by atoms with E-state index in [2.05, 4.69) is 4.74 Å². The Kier molecular flexibility index (Phi) is 8.23. The van der Waals surface area contributed by atoms with Crippen molar-refractivity contribution in [3.63, 3.8) is 0 Å². The quantitative estimate of drug-likeness (QED) is 0.329. The molecule has 0 spiro atoms. The van der Waals surface area contributed by atoms with E-state index in [4.69, 9.17) is 14.2 Å². The molecule has 0 bridgehead atoms. The monoisotopic (exact) mass is 409 g/mol. The maximum atomic E-state index is 12.3. The van der Waals surface area contributed by atoms with Gasteiger partial charge in [0.15, 0.2) is 11.5 Å². The number of nitrogens with zero attached hydrogens (tertiary/aromatic N) is 1. The number of rotatable bonds is 10. The molecule has 9 nitrogen and oxygen atoms in total. The zero-order valence-corrected chi connectivity index (χ0v) is 16.9. The zero-order valence-electron chi connectivity index (χ0n) is 16.9. The van der Waals surface area contributed by atoms with Gasteiger partial charge in [-0.25, -0.2) is 0 Å². The van der Waals surface area contributed by atoms with Crippen LogP contribution in [0.15, 0.2) is 18.2 Å². The molecule has 0 saturated heterocycles. The van der Waals surface area contributed by atoms with Crippen molar-refractivity contribution in [1.82, 2.24) is 0 Å². The number of hydrogen-bond acceptors (Lipinski definition) is 8. The second-order valence-electron chi connectivity index (χ2n) is 6.97. The van der Waals surface area contributed by atoms with Crippen molar-refractivity contribution in [2.24, 2.45) is 5.92 Å². The molecule has 0 aliphatic heterocycles. The average Bonchev–Trinajstić information content (AvgIpc) is 3.22. The Morgan fingerprint density at radius 1 is 1.14 bits per heavy atom. The van der Waals surface area contributed by atoms with Gasteiger partial charge >= 0.3 is 11.9 Å². The summed E-state index contributed by atoms with van der Waals surface area (Å²) in [7, 11) is 3.89. The van der Waals surface area contributed by atoms with Crippen molar-refractivity contribution in [3.05, 3.63) is 33.9 Å². The molecule has 1 fully saturated rings. The topological polar surface area (TPSA) is 114 Å². The Morgan fingerprint density at radius 2 is 1.83 bits per heavy atom. The molecule has 1 aromatic rings. The molecular formula is C20H27NO8. The summed E-state index contributed by atoms with van der Waals surface area (Å²) in [6, 6.07) is 4.94. The highest BCUT2D eigenvalue weighted by Crippen LogP contribution is 2.37. The van der Waals surface area contributed by atoms with Crippen LogP contribution >= 0.6 is 0 Å². The fourth-order valence-electron chi connectivity index (χ4n) is 3.63. The summed E-state index contributed by atoms with van der Waals surface area (Å²) < 4.78 is 20.9. The van der Waals surface area contributed by atoms with Crippen molar-refractivity contribution in [1.29, 1.82) is 0 Å². The standard InChI is InChI=1S/C20H27NO8/c1-26-17-9-8-13(10-18(17)29-14-6-4-5-7-14)16(12-21(24)25)15(20(23)28-3)11-19(22)27-2/h8-10,14-16H,4-7,11-12H2,1-3H3/t15-,16+/m1/s1. The van der Waals surface area contributed by atoms with Gasteiger partial charge in [0.25, 0.3) is 0 Å². The lowest BCUT2D eigenvalue weighted by Crippen LogP contribution is -2.31. The van der Waals surface area contributed by atoms with E-state index in [0.717, 1.165) is 25.7 Å². The van der Waals surface area contributed by atoms with Gasteiger partial charge in [-0.15, -0.1) is 0 Å². The molecule has 1 saturated carbocycles. The molecule has 0 unspecified atom stereocenters. The number of carbonyl (C=O) groups is 2. The van der Waals surface area contributed by atoms with Crippen LogP contribution in [0.5, 0.6) is 11.5 Å². The smallest absolute Gasteiger partial charge is 0.310 e. The van der Waals surface area contributed by atoms with Crippen LogP contribution < -0.4 is 9.47 Å². The number of nitro groups is 1. The van der Waals surface area contributed by atoms with Crippen molar-refractivity contribution in [2.45, 2.75) is 44.1 Å². The van der Waals surface area contributed by atoms with Gasteiger partial charge < -0.3 is 18.9 Å². The molecule has 1 aromatic carbocycles. The van der Waals surface area contributed by atoms with Crippen molar-refractivity contribution in [3.8, 4) is 11.5 Å². The summed E-state index contributed by atoms with van der Waals surface area (Å²) in [5, 5.41) is 11.3. The number of hydrogen-bond donors (Lipinski definition) is 0. The van der Waals surface area contributed by atoms with Crippen LogP contribution in [-0.2, 0) is 19.1 Å². The molecule has 1 aliphatic rings. The molecule has 9 heteroatoms. The van der Waals surface area contributed by atoms with Gasteiger partial charge in [0.05, 0.1) is 45.7 Å². The van der Waals surface area contributed by atoms with Gasteiger partial charge in [-0.1, -0.05) is 6.07 Å². The fourth-order valence-corrected chi connectivity index (χ4v) is 3.63. The first-order valence-electron chi connectivity index (χ1n) is 9.50. The SMILES string of the molecule is COC(=O)C[C@@H](C(=O)OC)[C@@H](C[N+](=O)[O-])c1ccc(OC)c(OC2CCCC2)c1. The van der Waals surface area contributed by atoms with E-state index < -0.39 is 35.2 Å². The van der Waals surface area contributed by atoms with Gasteiger partial charge in [-0.05, 0) is 43.4 Å². The minimum Gasteiger partial charge on any atom is -0.493 e. The largest absolute Gasteiger partial charge is 0.493 e. The third kappa shape index (κ3) is 6.07. The average molecular weight is 409 g/mol. The lowest BCUT2D eigenvalue weighted by Gasteiger charge is -2.23. The summed E-state index contributed by atoms with van der Waals surface area (Å²) >= 11 is 0. The number of ether oxygens (including phenoxy) is 4. The number of methoxy groups -OCH3 is 3. The first-order chi connectivity index (χ1) is 13.9. The molecule has 1 aliphatic carbocycles. The molecule has 2 rings (SSSR count). The van der Waals surface area contributed by atoms with E-state index in [1.165, 1.54) is 21.3 Å². The van der Waals surface area contributed by atoms with Gasteiger partial charge in [0.1, 0.15) is 0 Å². The van der Waals surface area contributed by atoms with Crippen LogP contribution in [0.4, 0.5) is 0 Å². The highest BCUT2D eigenvalue weighted by Gasteiger charge is 2.37. The van der Waals surface area contributed by atoms with E-state index in [1.807, 2.05) is 0 Å². The van der Waals surface area contributed by atoms with Crippen LogP contribution in [-0.4, -0.2) is 50.8 Å². The lowest BCUT2D eigenvalue weighted by atomic mass is 9.83. The summed E-state index contributed by atoms with van der Waals surface area (Å²) in [4.78, 5) is 35.0.